The summed E-state index contributed by atoms with van der Waals surface area (Å²) in [7, 11) is 0. The van der Waals surface area contributed by atoms with Crippen molar-refractivity contribution in [1.29, 1.82) is 0 Å². The first-order valence-electron chi connectivity index (χ1n) is 6.16. The first-order valence-corrected chi connectivity index (χ1v) is 6.16. The van der Waals surface area contributed by atoms with Crippen molar-refractivity contribution in [2.24, 2.45) is 5.92 Å². The number of allylic oxidation sites excluding steroid dienone is 5. The Morgan fingerprint density at radius 1 is 1.12 bits per heavy atom. The summed E-state index contributed by atoms with van der Waals surface area (Å²) in [6.07, 6.45) is 12.1. The molecule has 1 heteroatoms. The number of hydrogen-bond acceptors (Lipinski definition) is 1. The lowest BCUT2D eigenvalue weighted by Crippen LogP contribution is -1.88. The Labute approximate surface area is 101 Å². The smallest absolute Gasteiger partial charge is 0.0754 e. The Kier molecular flexibility index (Phi) is 8.69. The first kappa shape index (κ1) is 15.0. The van der Waals surface area contributed by atoms with Crippen molar-refractivity contribution in [2.45, 2.75) is 53.4 Å². The van der Waals surface area contributed by atoms with Crippen molar-refractivity contribution in [1.82, 2.24) is 0 Å². The molecule has 16 heavy (non-hydrogen) atoms. The molecule has 0 heterocycles. The van der Waals surface area contributed by atoms with E-state index in [9.17, 15) is 0 Å². The van der Waals surface area contributed by atoms with E-state index in [2.05, 4.69) is 39.8 Å². The van der Waals surface area contributed by atoms with Crippen molar-refractivity contribution < 1.29 is 5.11 Å². The minimum atomic E-state index is 0.465. The van der Waals surface area contributed by atoms with Gasteiger partial charge in [-0.05, 0) is 58.4 Å². The van der Waals surface area contributed by atoms with Crippen LogP contribution in [0.4, 0.5) is 0 Å². The summed E-state index contributed by atoms with van der Waals surface area (Å²) in [6, 6.07) is 0. The van der Waals surface area contributed by atoms with E-state index in [1.165, 1.54) is 11.1 Å². The average Bonchev–Trinajstić information content (AvgIpc) is 2.17. The van der Waals surface area contributed by atoms with Crippen LogP contribution >= 0.6 is 0 Å². The molecule has 0 fully saturated rings. The molecule has 0 aliphatic rings. The van der Waals surface area contributed by atoms with Gasteiger partial charge >= 0.3 is 0 Å². The quantitative estimate of drug-likeness (QED) is 0.465. The second-order valence-corrected chi connectivity index (χ2v) is 4.77. The molecular weight excluding hydrogens is 196 g/mol. The van der Waals surface area contributed by atoms with E-state index in [0.29, 0.717) is 5.92 Å². The van der Waals surface area contributed by atoms with E-state index >= 15 is 0 Å². The predicted molar refractivity (Wildman–Crippen MR) is 72.6 cm³/mol. The van der Waals surface area contributed by atoms with Gasteiger partial charge in [0.1, 0.15) is 0 Å². The number of aliphatic hydroxyl groups excluding tert-OH is 1. The van der Waals surface area contributed by atoms with Crippen LogP contribution in [0.1, 0.15) is 53.4 Å². The zero-order chi connectivity index (χ0) is 12.4. The highest BCUT2D eigenvalue weighted by atomic mass is 16.2. The molecule has 0 saturated heterocycles. The van der Waals surface area contributed by atoms with Gasteiger partial charge in [-0.1, -0.05) is 30.2 Å². The van der Waals surface area contributed by atoms with Crippen LogP contribution in [0.3, 0.4) is 0 Å². The molecule has 0 aromatic rings. The molecule has 1 unspecified atom stereocenters. The summed E-state index contributed by atoms with van der Waals surface area (Å²) in [5, 5.41) is 8.61. The minimum Gasteiger partial charge on any atom is -0.516 e. The van der Waals surface area contributed by atoms with Gasteiger partial charge < -0.3 is 5.11 Å². The lowest BCUT2D eigenvalue weighted by molar-refractivity contribution is 0.463. The molecule has 0 radical (unpaired) electrons. The summed E-state index contributed by atoms with van der Waals surface area (Å²) in [5.74, 6) is 0.465. The highest BCUT2D eigenvalue weighted by Crippen LogP contribution is 2.12. The molecule has 0 bridgehead atoms. The van der Waals surface area contributed by atoms with Crippen LogP contribution in [0.15, 0.2) is 35.6 Å². The van der Waals surface area contributed by atoms with Crippen molar-refractivity contribution in [3.8, 4) is 0 Å². The minimum absolute atomic E-state index is 0.465. The van der Waals surface area contributed by atoms with Crippen LogP contribution in [0.5, 0.6) is 0 Å². The molecule has 0 rings (SSSR count). The SMILES string of the molecule is CC(C)=CCC/C(C)=C/CCC(C)/C=C/O. The summed E-state index contributed by atoms with van der Waals surface area (Å²) in [5.41, 5.74) is 2.87. The second-order valence-electron chi connectivity index (χ2n) is 4.77. The zero-order valence-corrected chi connectivity index (χ0v) is 11.2. The molecule has 0 spiro atoms. The lowest BCUT2D eigenvalue weighted by Gasteiger charge is -2.03. The molecular formula is C15H26O. The van der Waals surface area contributed by atoms with Crippen LogP contribution in [-0.2, 0) is 0 Å². The second kappa shape index (κ2) is 9.26. The van der Waals surface area contributed by atoms with Gasteiger partial charge in [-0.2, -0.15) is 0 Å². The fourth-order valence-electron chi connectivity index (χ4n) is 1.53. The van der Waals surface area contributed by atoms with Crippen LogP contribution in [-0.4, -0.2) is 5.11 Å². The van der Waals surface area contributed by atoms with E-state index in [-0.39, 0.29) is 0 Å². The topological polar surface area (TPSA) is 20.2 Å². The average molecular weight is 222 g/mol. The van der Waals surface area contributed by atoms with E-state index in [0.717, 1.165) is 31.9 Å². The third-order valence-corrected chi connectivity index (χ3v) is 2.62. The Hall–Kier alpha value is -0.980. The van der Waals surface area contributed by atoms with Gasteiger partial charge in [-0.25, -0.2) is 0 Å². The van der Waals surface area contributed by atoms with E-state index in [1.807, 2.05) is 6.08 Å². The maximum absolute atomic E-state index is 8.61. The van der Waals surface area contributed by atoms with Crippen molar-refractivity contribution >= 4 is 0 Å². The van der Waals surface area contributed by atoms with Crippen molar-refractivity contribution in [2.75, 3.05) is 0 Å². The van der Waals surface area contributed by atoms with Gasteiger partial charge in [0.15, 0.2) is 0 Å². The van der Waals surface area contributed by atoms with Gasteiger partial charge in [0.2, 0.25) is 0 Å². The first-order chi connectivity index (χ1) is 7.56. The molecule has 0 aromatic carbocycles. The Morgan fingerprint density at radius 2 is 1.81 bits per heavy atom. The van der Waals surface area contributed by atoms with Crippen molar-refractivity contribution in [3.05, 3.63) is 35.6 Å². The van der Waals surface area contributed by atoms with Gasteiger partial charge in [-0.3, -0.25) is 0 Å². The van der Waals surface area contributed by atoms with E-state index in [1.54, 1.807) is 0 Å². The highest BCUT2D eigenvalue weighted by Gasteiger charge is 1.95. The van der Waals surface area contributed by atoms with Gasteiger partial charge in [-0.15, -0.1) is 0 Å². The molecule has 0 aliphatic carbocycles. The monoisotopic (exact) mass is 222 g/mol. The third-order valence-electron chi connectivity index (χ3n) is 2.62. The number of rotatable bonds is 7. The van der Waals surface area contributed by atoms with Gasteiger partial charge in [0.25, 0.3) is 0 Å². The molecule has 92 valence electrons. The fourth-order valence-corrected chi connectivity index (χ4v) is 1.53. The summed E-state index contributed by atoms with van der Waals surface area (Å²) in [6.45, 7) is 8.61. The molecule has 1 N–H and O–H groups in total. The predicted octanol–water partition coefficient (Wildman–Crippen LogP) is 5.17. The summed E-state index contributed by atoms with van der Waals surface area (Å²) < 4.78 is 0. The maximum Gasteiger partial charge on any atom is 0.0754 e. The molecule has 0 aromatic heterocycles. The molecule has 0 saturated carbocycles. The lowest BCUT2D eigenvalue weighted by atomic mass is 10.0. The highest BCUT2D eigenvalue weighted by molar-refractivity contribution is 5.02. The Morgan fingerprint density at radius 3 is 2.38 bits per heavy atom. The molecule has 1 nitrogen and oxygen atoms in total. The fraction of sp³-hybridized carbons (Fsp3) is 0.600. The van der Waals surface area contributed by atoms with Crippen LogP contribution in [0.2, 0.25) is 0 Å². The van der Waals surface area contributed by atoms with Crippen molar-refractivity contribution in [3.63, 3.8) is 0 Å². The van der Waals surface area contributed by atoms with Crippen LogP contribution in [0.25, 0.3) is 0 Å². The van der Waals surface area contributed by atoms with Crippen LogP contribution < -0.4 is 0 Å². The van der Waals surface area contributed by atoms with E-state index < -0.39 is 0 Å². The Bertz CT molecular complexity index is 255. The number of hydrogen-bond donors (Lipinski definition) is 1. The largest absolute Gasteiger partial charge is 0.516 e. The molecule has 1 atom stereocenters. The van der Waals surface area contributed by atoms with Gasteiger partial charge in [0.05, 0.1) is 6.26 Å². The maximum atomic E-state index is 8.61. The summed E-state index contributed by atoms with van der Waals surface area (Å²) in [4.78, 5) is 0. The zero-order valence-electron chi connectivity index (χ0n) is 11.2. The third kappa shape index (κ3) is 9.57. The Balaban J connectivity index is 3.74. The number of aliphatic hydroxyl groups is 1. The normalized spacial score (nSPS) is 14.1. The van der Waals surface area contributed by atoms with Gasteiger partial charge in [0, 0.05) is 0 Å². The molecule has 0 aliphatic heterocycles. The van der Waals surface area contributed by atoms with Crippen LogP contribution in [0, 0.1) is 5.92 Å². The molecule has 0 amide bonds. The standard InChI is InChI=1S/C15H26O/c1-13(2)7-5-8-14(3)9-6-10-15(4)11-12-16/h7,9,11-12,15-16H,5-6,8,10H2,1-4H3/b12-11+,14-9+. The summed E-state index contributed by atoms with van der Waals surface area (Å²) >= 11 is 0. The van der Waals surface area contributed by atoms with E-state index in [4.69, 9.17) is 5.11 Å².